The van der Waals surface area contributed by atoms with E-state index in [0.717, 1.165) is 10.7 Å². The monoisotopic (exact) mass is 358 g/mol. The summed E-state index contributed by atoms with van der Waals surface area (Å²) in [5.41, 5.74) is 1.20. The van der Waals surface area contributed by atoms with Gasteiger partial charge in [0.15, 0.2) is 5.65 Å². The number of fused-ring (bicyclic) bond motifs is 1. The quantitative estimate of drug-likeness (QED) is 0.913. The number of nitrogens with zero attached hydrogens (tertiary/aromatic N) is 3. The van der Waals surface area contributed by atoms with E-state index in [1.807, 2.05) is 0 Å². The van der Waals surface area contributed by atoms with Gasteiger partial charge in [0.2, 0.25) is 15.8 Å². The van der Waals surface area contributed by atoms with Crippen LogP contribution in [0.2, 0.25) is 0 Å². The molecule has 10 heteroatoms. The molecule has 0 saturated carbocycles. The molecule has 0 amide bonds. The number of rotatable bonds is 3. The zero-order valence-corrected chi connectivity index (χ0v) is 13.3. The molecule has 0 aromatic carbocycles. The highest BCUT2D eigenvalue weighted by atomic mass is 32.2. The SMILES string of the molecule is CS(=O)(=O)NC1=CCC(c2ccc3nnc(C(F)(F)F)n3c2)C=C1. The smallest absolute Gasteiger partial charge is 0.284 e. The van der Waals surface area contributed by atoms with Gasteiger partial charge >= 0.3 is 6.18 Å². The molecule has 1 N–H and O–H groups in total. The molecule has 1 atom stereocenters. The Bertz CT molecular complexity index is 945. The first-order chi connectivity index (χ1) is 11.1. The maximum Gasteiger partial charge on any atom is 0.452 e. The highest BCUT2D eigenvalue weighted by Gasteiger charge is 2.37. The molecule has 6 nitrogen and oxygen atoms in total. The van der Waals surface area contributed by atoms with Gasteiger partial charge in [0.1, 0.15) is 0 Å². The van der Waals surface area contributed by atoms with Crippen molar-refractivity contribution in [1.82, 2.24) is 19.3 Å². The summed E-state index contributed by atoms with van der Waals surface area (Å²) in [5, 5.41) is 6.70. The first-order valence-electron chi connectivity index (χ1n) is 6.91. The normalized spacial score (nSPS) is 18.7. The van der Waals surface area contributed by atoms with Gasteiger partial charge in [-0.05, 0) is 24.1 Å². The van der Waals surface area contributed by atoms with Crippen LogP contribution in [0.15, 0.2) is 42.3 Å². The number of nitrogens with one attached hydrogen (secondary N) is 1. The molecule has 0 aliphatic heterocycles. The molecule has 2 aromatic rings. The molecule has 128 valence electrons. The van der Waals surface area contributed by atoms with E-state index in [1.165, 1.54) is 12.3 Å². The van der Waals surface area contributed by atoms with Crippen molar-refractivity contribution in [1.29, 1.82) is 0 Å². The minimum Gasteiger partial charge on any atom is -0.284 e. The zero-order valence-electron chi connectivity index (χ0n) is 12.4. The number of hydrogen-bond donors (Lipinski definition) is 1. The molecular formula is C14H13F3N4O2S. The van der Waals surface area contributed by atoms with E-state index in [1.54, 1.807) is 24.3 Å². The molecule has 24 heavy (non-hydrogen) atoms. The van der Waals surface area contributed by atoms with Crippen molar-refractivity contribution in [3.05, 3.63) is 53.6 Å². The number of halogens is 3. The first-order valence-corrected chi connectivity index (χ1v) is 8.81. The van der Waals surface area contributed by atoms with Gasteiger partial charge in [-0.15, -0.1) is 10.2 Å². The minimum atomic E-state index is -4.59. The number of alkyl halides is 3. The van der Waals surface area contributed by atoms with Crippen LogP contribution in [0, 0.1) is 0 Å². The summed E-state index contributed by atoms with van der Waals surface area (Å²) >= 11 is 0. The predicted octanol–water partition coefficient (Wildman–Crippen LogP) is 2.22. The van der Waals surface area contributed by atoms with Crippen LogP contribution in [0.3, 0.4) is 0 Å². The summed E-state index contributed by atoms with van der Waals surface area (Å²) in [6.45, 7) is 0. The third-order valence-corrected chi connectivity index (χ3v) is 4.12. The topological polar surface area (TPSA) is 76.4 Å². The van der Waals surface area contributed by atoms with Gasteiger partial charge in [0.25, 0.3) is 0 Å². The van der Waals surface area contributed by atoms with Crippen LogP contribution >= 0.6 is 0 Å². The summed E-state index contributed by atoms with van der Waals surface area (Å²) in [6, 6.07) is 3.15. The van der Waals surface area contributed by atoms with Gasteiger partial charge in [-0.1, -0.05) is 18.2 Å². The van der Waals surface area contributed by atoms with Crippen molar-refractivity contribution in [3.8, 4) is 0 Å². The maximum atomic E-state index is 12.9. The van der Waals surface area contributed by atoms with Gasteiger partial charge in [-0.3, -0.25) is 9.12 Å². The largest absolute Gasteiger partial charge is 0.452 e. The Balaban J connectivity index is 1.88. The fourth-order valence-corrected chi connectivity index (χ4v) is 3.06. The molecular weight excluding hydrogens is 345 g/mol. The Morgan fingerprint density at radius 3 is 2.62 bits per heavy atom. The third kappa shape index (κ3) is 3.42. The zero-order chi connectivity index (χ0) is 17.5. The second kappa shape index (κ2) is 5.62. The van der Waals surface area contributed by atoms with Crippen molar-refractivity contribution in [2.45, 2.75) is 18.5 Å². The van der Waals surface area contributed by atoms with E-state index in [2.05, 4.69) is 14.9 Å². The van der Waals surface area contributed by atoms with Crippen LogP contribution in [0.1, 0.15) is 23.7 Å². The van der Waals surface area contributed by atoms with Crippen molar-refractivity contribution < 1.29 is 21.6 Å². The van der Waals surface area contributed by atoms with E-state index in [4.69, 9.17) is 0 Å². The summed E-state index contributed by atoms with van der Waals surface area (Å²) in [5.74, 6) is -1.24. The Hall–Kier alpha value is -2.36. The molecule has 3 rings (SSSR count). The van der Waals surface area contributed by atoms with Crippen molar-refractivity contribution in [2.24, 2.45) is 0 Å². The Morgan fingerprint density at radius 2 is 2.04 bits per heavy atom. The lowest BCUT2D eigenvalue weighted by molar-refractivity contribution is -0.145. The highest BCUT2D eigenvalue weighted by Crippen LogP contribution is 2.30. The molecule has 0 saturated heterocycles. The van der Waals surface area contributed by atoms with Crippen LogP contribution in [0.5, 0.6) is 0 Å². The molecule has 2 heterocycles. The number of allylic oxidation sites excluding steroid dienone is 3. The predicted molar refractivity (Wildman–Crippen MR) is 80.5 cm³/mol. The van der Waals surface area contributed by atoms with Crippen molar-refractivity contribution >= 4 is 15.7 Å². The molecule has 1 aliphatic rings. The van der Waals surface area contributed by atoms with Crippen LogP contribution in [0.25, 0.3) is 5.65 Å². The number of sulfonamides is 1. The Morgan fingerprint density at radius 1 is 1.29 bits per heavy atom. The summed E-state index contributed by atoms with van der Waals surface area (Å²) < 4.78 is 64.4. The second-order valence-electron chi connectivity index (χ2n) is 5.45. The molecule has 0 bridgehead atoms. The van der Waals surface area contributed by atoms with Crippen LogP contribution < -0.4 is 4.72 Å². The van der Waals surface area contributed by atoms with Crippen LogP contribution in [0.4, 0.5) is 13.2 Å². The highest BCUT2D eigenvalue weighted by molar-refractivity contribution is 7.88. The Kier molecular flexibility index (Phi) is 3.86. The van der Waals surface area contributed by atoms with Crippen LogP contribution in [-0.4, -0.2) is 29.3 Å². The van der Waals surface area contributed by atoms with E-state index in [9.17, 15) is 21.6 Å². The van der Waals surface area contributed by atoms with Crippen molar-refractivity contribution in [2.75, 3.05) is 6.26 Å². The van der Waals surface area contributed by atoms with Gasteiger partial charge in [0.05, 0.1) is 6.26 Å². The van der Waals surface area contributed by atoms with Gasteiger partial charge in [-0.2, -0.15) is 13.2 Å². The lowest BCUT2D eigenvalue weighted by atomic mass is 9.93. The summed E-state index contributed by atoms with van der Waals surface area (Å²) in [4.78, 5) is 0. The molecule has 0 fully saturated rings. The first kappa shape index (κ1) is 16.5. The van der Waals surface area contributed by atoms with Gasteiger partial charge in [0, 0.05) is 17.8 Å². The van der Waals surface area contributed by atoms with E-state index < -0.39 is 22.0 Å². The number of aromatic nitrogens is 3. The standard InChI is InChI=1S/C14H13F3N4O2S/c1-24(22,23)20-11-5-2-9(3-6-11)10-4-7-12-18-19-13(14(15,16)17)21(12)8-10/h2,4-9,20H,3H2,1H3. The summed E-state index contributed by atoms with van der Waals surface area (Å²) in [7, 11) is -3.36. The minimum absolute atomic E-state index is 0.112. The summed E-state index contributed by atoms with van der Waals surface area (Å²) in [6.07, 6.45) is 3.30. The molecule has 2 aromatic heterocycles. The lowest BCUT2D eigenvalue weighted by Crippen LogP contribution is -2.21. The second-order valence-corrected chi connectivity index (χ2v) is 7.20. The number of pyridine rings is 1. The maximum absolute atomic E-state index is 12.9. The molecule has 1 aliphatic carbocycles. The van der Waals surface area contributed by atoms with Crippen LogP contribution in [-0.2, 0) is 16.2 Å². The fourth-order valence-electron chi connectivity index (χ4n) is 2.48. The average molecular weight is 358 g/mol. The van der Waals surface area contributed by atoms with E-state index in [0.29, 0.717) is 17.7 Å². The lowest BCUT2D eigenvalue weighted by Gasteiger charge is -2.17. The molecule has 0 spiro atoms. The van der Waals surface area contributed by atoms with E-state index >= 15 is 0 Å². The molecule has 1 unspecified atom stereocenters. The number of hydrogen-bond acceptors (Lipinski definition) is 4. The van der Waals surface area contributed by atoms with Gasteiger partial charge in [-0.25, -0.2) is 8.42 Å². The fraction of sp³-hybridized carbons (Fsp3) is 0.286. The molecule has 0 radical (unpaired) electrons. The van der Waals surface area contributed by atoms with E-state index in [-0.39, 0.29) is 11.6 Å². The average Bonchev–Trinajstić information content (AvgIpc) is 2.89. The third-order valence-electron chi connectivity index (χ3n) is 3.51. The van der Waals surface area contributed by atoms with Crippen molar-refractivity contribution in [3.63, 3.8) is 0 Å². The Labute approximate surface area is 135 Å². The van der Waals surface area contributed by atoms with Gasteiger partial charge < -0.3 is 0 Å².